The monoisotopic (exact) mass is 738 g/mol. The fraction of sp³-hybridized carbons (Fsp3) is 0.656. The van der Waals surface area contributed by atoms with Crippen LogP contribution in [0.2, 0.25) is 0 Å². The minimum atomic E-state index is -4.47. The molecule has 0 aromatic carbocycles. The van der Waals surface area contributed by atoms with Crippen molar-refractivity contribution < 1.29 is 56.7 Å². The van der Waals surface area contributed by atoms with E-state index < -0.39 is 85.0 Å². The Balaban J connectivity index is 1.85. The first-order chi connectivity index (χ1) is 23.8. The first kappa shape index (κ1) is 39.8. The lowest BCUT2D eigenvalue weighted by Gasteiger charge is -2.32. The number of carbonyl (C=O) groups excluding carboxylic acids is 5. The van der Waals surface area contributed by atoms with Crippen LogP contribution in [-0.2, 0) is 56.7 Å². The predicted octanol–water partition coefficient (Wildman–Crippen LogP) is 2.47. The van der Waals surface area contributed by atoms with E-state index in [0.717, 1.165) is 14.2 Å². The maximum Gasteiger partial charge on any atom is 0.342 e. The average Bonchev–Trinajstić information content (AvgIpc) is 3.32. The van der Waals surface area contributed by atoms with Crippen molar-refractivity contribution in [1.82, 2.24) is 24.8 Å². The number of rotatable bonds is 15. The highest BCUT2D eigenvalue weighted by atomic mass is 31.2. The maximum absolute atomic E-state index is 14.5. The van der Waals surface area contributed by atoms with Gasteiger partial charge in [-0.3, -0.25) is 33.1 Å². The Morgan fingerprint density at radius 3 is 1.94 bits per heavy atom. The molecule has 282 valence electrons. The summed E-state index contributed by atoms with van der Waals surface area (Å²) in [4.78, 5) is 68.2. The molecule has 3 N–H and O–H groups in total. The minimum absolute atomic E-state index is 0.222. The van der Waals surface area contributed by atoms with Crippen LogP contribution < -0.4 is 15.5 Å². The van der Waals surface area contributed by atoms with Crippen LogP contribution in [0.5, 0.6) is 0 Å². The van der Waals surface area contributed by atoms with Gasteiger partial charge in [0.05, 0.1) is 31.7 Å². The van der Waals surface area contributed by atoms with Crippen LogP contribution in [0.15, 0.2) is 18.5 Å². The fourth-order valence-corrected chi connectivity index (χ4v) is 7.81. The lowest BCUT2D eigenvalue weighted by Crippen LogP contribution is -2.46. The second kappa shape index (κ2) is 14.9. The van der Waals surface area contributed by atoms with E-state index in [-0.39, 0.29) is 17.6 Å². The molecule has 18 nitrogen and oxygen atoms in total. The number of esters is 4. The maximum atomic E-state index is 14.5. The Bertz CT molecular complexity index is 1700. The molecular formula is C32H47N6O12P. The van der Waals surface area contributed by atoms with Gasteiger partial charge in [0.25, 0.3) is 0 Å². The first-order valence-corrected chi connectivity index (χ1v) is 18.1. The molecule has 1 unspecified atom stereocenters. The van der Waals surface area contributed by atoms with Gasteiger partial charge in [0.1, 0.15) is 41.7 Å². The predicted molar refractivity (Wildman–Crippen MR) is 179 cm³/mol. The second-order valence-corrected chi connectivity index (χ2v) is 15.4. The molecule has 1 aliphatic heterocycles. The van der Waals surface area contributed by atoms with E-state index in [2.05, 4.69) is 25.6 Å². The van der Waals surface area contributed by atoms with Gasteiger partial charge in [-0.2, -0.15) is 5.10 Å². The number of carbonyl (C=O) groups is 5. The third-order valence-electron chi connectivity index (χ3n) is 8.74. The zero-order chi connectivity index (χ0) is 38.2. The molecule has 19 heteroatoms. The summed E-state index contributed by atoms with van der Waals surface area (Å²) in [6, 6.07) is 0.869. The Hall–Kier alpha value is -3.96. The molecule has 2 fully saturated rings. The van der Waals surface area contributed by atoms with Crippen molar-refractivity contribution in [2.75, 3.05) is 19.5 Å². The summed E-state index contributed by atoms with van der Waals surface area (Å²) in [5, 5.41) is 12.3. The highest BCUT2D eigenvalue weighted by Gasteiger charge is 2.91. The van der Waals surface area contributed by atoms with E-state index in [1.54, 1.807) is 60.6 Å². The van der Waals surface area contributed by atoms with Crippen LogP contribution in [-0.4, -0.2) is 94.1 Å². The van der Waals surface area contributed by atoms with Crippen LogP contribution >= 0.6 is 7.67 Å². The zero-order valence-corrected chi connectivity index (χ0v) is 31.4. The summed E-state index contributed by atoms with van der Waals surface area (Å²) in [7, 11) is -2.19. The third kappa shape index (κ3) is 7.51. The van der Waals surface area contributed by atoms with Crippen molar-refractivity contribution in [1.29, 1.82) is 0 Å². The molecule has 2 aliphatic rings. The molecule has 2 aromatic rings. The van der Waals surface area contributed by atoms with Crippen molar-refractivity contribution in [3.63, 3.8) is 0 Å². The van der Waals surface area contributed by atoms with Gasteiger partial charge in [-0.05, 0) is 32.9 Å². The van der Waals surface area contributed by atoms with Crippen LogP contribution in [0.3, 0.4) is 0 Å². The standard InChI is InChI=1S/C32H47N6O12P/c1-15(2)25(39)35-24-21-13-12-20(38(21)34-14-33-24)22-23(47-26(40)16(3)4)32(49-27(41)17(5)6)30(31(32,9)48-22)50-51(44,36-18(7)28(42)45-10)37-19(8)29(43)46-11/h12-19,22-23,30H,1-11H3,(H2,36,37,44)(H,33,34,35,39)/t18-,19-,22-,23-,30?,31+,32+/m0/s1. The number of amides is 1. The molecule has 0 bridgehead atoms. The largest absolute Gasteiger partial charge is 0.468 e. The van der Waals surface area contributed by atoms with Crippen LogP contribution in [0.4, 0.5) is 5.82 Å². The normalized spacial score (nSPS) is 25.3. The van der Waals surface area contributed by atoms with Crippen LogP contribution in [0, 0.1) is 17.8 Å². The van der Waals surface area contributed by atoms with E-state index in [9.17, 15) is 28.5 Å². The molecule has 0 radical (unpaired) electrons. The summed E-state index contributed by atoms with van der Waals surface area (Å²) in [5.41, 5.74) is -2.79. The number of fused-ring (bicyclic) bond motifs is 2. The second-order valence-electron chi connectivity index (χ2n) is 13.6. The van der Waals surface area contributed by atoms with Gasteiger partial charge in [-0.25, -0.2) is 19.7 Å². The van der Waals surface area contributed by atoms with Crippen LogP contribution in [0.25, 0.3) is 5.52 Å². The SMILES string of the molecule is COC(=O)[C@H](C)NP(=O)(N[C@@H](C)C(=O)OC)OC1[C@@]2(C)O[C@@H](c3ccc4c(NC(=O)C(C)C)ncnn34)[C@H](OC(=O)C(C)C)[C@@]12OC(=O)C(C)C. The van der Waals surface area contributed by atoms with Crippen LogP contribution in [0.1, 0.15) is 74.1 Å². The van der Waals surface area contributed by atoms with Gasteiger partial charge in [0, 0.05) is 5.92 Å². The summed E-state index contributed by atoms with van der Waals surface area (Å²) in [5.74, 6) is -4.64. The van der Waals surface area contributed by atoms with Crippen molar-refractivity contribution in [3.8, 4) is 0 Å². The Morgan fingerprint density at radius 1 is 0.863 bits per heavy atom. The van der Waals surface area contributed by atoms with Gasteiger partial charge in [-0.1, -0.05) is 41.5 Å². The summed E-state index contributed by atoms with van der Waals surface area (Å²) >= 11 is 0. The minimum Gasteiger partial charge on any atom is -0.468 e. The average molecular weight is 739 g/mol. The number of anilines is 1. The van der Waals surface area contributed by atoms with Crippen molar-refractivity contribution >= 4 is 48.8 Å². The number of ether oxygens (including phenoxy) is 5. The van der Waals surface area contributed by atoms with E-state index in [4.69, 9.17) is 28.2 Å². The number of hydrogen-bond acceptors (Lipinski definition) is 14. The van der Waals surface area contributed by atoms with E-state index in [1.165, 1.54) is 24.7 Å². The van der Waals surface area contributed by atoms with Crippen molar-refractivity contribution in [3.05, 3.63) is 24.2 Å². The quantitative estimate of drug-likeness (QED) is 0.136. The molecule has 3 heterocycles. The third-order valence-corrected chi connectivity index (χ3v) is 10.7. The zero-order valence-electron chi connectivity index (χ0n) is 30.5. The number of hydrogen-bond donors (Lipinski definition) is 3. The van der Waals surface area contributed by atoms with E-state index in [1.807, 2.05) is 0 Å². The number of methoxy groups -OCH3 is 2. The smallest absolute Gasteiger partial charge is 0.342 e. The summed E-state index contributed by atoms with van der Waals surface area (Å²) in [6.07, 6.45) is -2.71. The Morgan fingerprint density at radius 2 is 1.43 bits per heavy atom. The molecule has 1 amide bonds. The topological polar surface area (TPSA) is 224 Å². The molecule has 51 heavy (non-hydrogen) atoms. The molecule has 1 saturated carbocycles. The van der Waals surface area contributed by atoms with E-state index in [0.29, 0.717) is 11.2 Å². The summed E-state index contributed by atoms with van der Waals surface area (Å²) in [6.45, 7) is 14.2. The molecule has 2 aromatic heterocycles. The molecule has 1 aliphatic carbocycles. The van der Waals surface area contributed by atoms with Crippen molar-refractivity contribution in [2.45, 2.75) is 104 Å². The number of nitrogens with one attached hydrogen (secondary N) is 3. The first-order valence-electron chi connectivity index (χ1n) is 16.5. The van der Waals surface area contributed by atoms with E-state index >= 15 is 0 Å². The fourth-order valence-electron chi connectivity index (χ4n) is 5.73. The van der Waals surface area contributed by atoms with Gasteiger partial charge < -0.3 is 29.0 Å². The molecule has 7 atom stereocenters. The van der Waals surface area contributed by atoms with Gasteiger partial charge in [0.2, 0.25) is 11.5 Å². The number of nitrogens with zero attached hydrogens (tertiary/aromatic N) is 3. The van der Waals surface area contributed by atoms with Gasteiger partial charge >= 0.3 is 31.5 Å². The van der Waals surface area contributed by atoms with Gasteiger partial charge in [-0.15, -0.1) is 0 Å². The number of aromatic nitrogens is 3. The Labute approximate surface area is 295 Å². The molecule has 4 rings (SSSR count). The van der Waals surface area contributed by atoms with Crippen molar-refractivity contribution in [2.24, 2.45) is 17.8 Å². The van der Waals surface area contributed by atoms with Gasteiger partial charge in [0.15, 0.2) is 11.9 Å². The Kier molecular flexibility index (Phi) is 11.7. The lowest BCUT2D eigenvalue weighted by atomic mass is 10.0. The molecular weight excluding hydrogens is 691 g/mol. The molecule has 1 saturated heterocycles. The summed E-state index contributed by atoms with van der Waals surface area (Å²) < 4.78 is 50.6. The lowest BCUT2D eigenvalue weighted by molar-refractivity contribution is -0.181. The highest BCUT2D eigenvalue weighted by molar-refractivity contribution is 7.54. The molecule has 0 spiro atoms. The highest BCUT2D eigenvalue weighted by Crippen LogP contribution is 2.70.